The molecule has 0 unspecified atom stereocenters. The predicted octanol–water partition coefficient (Wildman–Crippen LogP) is 2.77. The van der Waals surface area contributed by atoms with Crippen LogP contribution in [-0.4, -0.2) is 41.9 Å². The third-order valence-corrected chi connectivity index (χ3v) is 4.71. The topological polar surface area (TPSA) is 85.2 Å². The summed E-state index contributed by atoms with van der Waals surface area (Å²) >= 11 is 0. The second-order valence-electron chi connectivity index (χ2n) is 7.03. The highest BCUT2D eigenvalue weighted by molar-refractivity contribution is 5.93. The quantitative estimate of drug-likeness (QED) is 0.708. The fourth-order valence-corrected chi connectivity index (χ4v) is 2.93. The van der Waals surface area contributed by atoms with Crippen LogP contribution in [0.25, 0.3) is 0 Å². The molecule has 0 radical (unpaired) electrons. The lowest BCUT2D eigenvalue weighted by Gasteiger charge is -2.25. The Morgan fingerprint density at radius 1 is 1.21 bits per heavy atom. The van der Waals surface area contributed by atoms with Gasteiger partial charge in [0.05, 0.1) is 30.4 Å². The number of carbonyl (C=O) groups is 2. The van der Waals surface area contributed by atoms with E-state index >= 15 is 0 Å². The van der Waals surface area contributed by atoms with E-state index in [1.807, 2.05) is 0 Å². The summed E-state index contributed by atoms with van der Waals surface area (Å²) in [7, 11) is 0. The molecule has 152 valence electrons. The molecule has 1 saturated carbocycles. The van der Waals surface area contributed by atoms with E-state index < -0.39 is 29.1 Å². The summed E-state index contributed by atoms with van der Waals surface area (Å²) in [6.07, 6.45) is -2.83. The zero-order chi connectivity index (χ0) is 20.9. The second kappa shape index (κ2) is 8.61. The first-order valence-electron chi connectivity index (χ1n) is 8.99. The average Bonchev–Trinajstić information content (AvgIpc) is 3.46. The Morgan fingerprint density at radius 2 is 1.82 bits per heavy atom. The fourth-order valence-electron chi connectivity index (χ4n) is 2.93. The number of likely N-dealkylation sites (N-methyl/N-ethyl adjacent to an activating group) is 1. The second-order valence-corrected chi connectivity index (χ2v) is 7.03. The van der Waals surface area contributed by atoms with E-state index in [2.05, 4.69) is 16.7 Å². The molecule has 1 aliphatic carbocycles. The van der Waals surface area contributed by atoms with Gasteiger partial charge in [-0.3, -0.25) is 14.5 Å². The molecule has 2 rings (SSSR count). The third kappa shape index (κ3) is 5.70. The normalized spacial score (nSPS) is 16.2. The van der Waals surface area contributed by atoms with Gasteiger partial charge in [-0.2, -0.15) is 18.4 Å². The minimum absolute atomic E-state index is 0.124. The number of rotatable bonds is 8. The number of carbonyl (C=O) groups excluding carboxylic acids is 2. The number of para-hydroxylation sites is 1. The Labute approximate surface area is 161 Å². The van der Waals surface area contributed by atoms with Gasteiger partial charge in [0.25, 0.3) is 0 Å². The molecule has 0 saturated heterocycles. The van der Waals surface area contributed by atoms with Crippen molar-refractivity contribution in [2.75, 3.05) is 25.0 Å². The van der Waals surface area contributed by atoms with Crippen molar-refractivity contribution in [3.8, 4) is 6.07 Å². The SMILES string of the molecule is CCN(CC(=O)Nc1ccccc1C(F)(F)F)CC(=O)N[C@@](C)(C#N)C1CC1. The van der Waals surface area contributed by atoms with Crippen molar-refractivity contribution in [3.63, 3.8) is 0 Å². The number of nitrogens with zero attached hydrogens (tertiary/aromatic N) is 2. The third-order valence-electron chi connectivity index (χ3n) is 4.71. The van der Waals surface area contributed by atoms with Crippen molar-refractivity contribution in [1.82, 2.24) is 10.2 Å². The average molecular weight is 396 g/mol. The number of hydrogen-bond donors (Lipinski definition) is 2. The molecule has 1 aromatic carbocycles. The number of benzene rings is 1. The fraction of sp³-hybridized carbons (Fsp3) is 0.526. The summed E-state index contributed by atoms with van der Waals surface area (Å²) in [6.45, 7) is 3.36. The van der Waals surface area contributed by atoms with Gasteiger partial charge in [0.1, 0.15) is 5.54 Å². The Kier molecular flexibility index (Phi) is 6.67. The first kappa shape index (κ1) is 21.7. The van der Waals surface area contributed by atoms with Crippen molar-refractivity contribution >= 4 is 17.5 Å². The molecule has 0 aliphatic heterocycles. The van der Waals surface area contributed by atoms with Crippen molar-refractivity contribution in [2.24, 2.45) is 5.92 Å². The maximum Gasteiger partial charge on any atom is 0.418 e. The van der Waals surface area contributed by atoms with Crippen LogP contribution in [0.3, 0.4) is 0 Å². The van der Waals surface area contributed by atoms with Crippen LogP contribution in [0.2, 0.25) is 0 Å². The molecular weight excluding hydrogens is 373 g/mol. The molecule has 1 fully saturated rings. The summed E-state index contributed by atoms with van der Waals surface area (Å²) in [5.41, 5.74) is -2.20. The van der Waals surface area contributed by atoms with Gasteiger partial charge in [0.2, 0.25) is 11.8 Å². The number of alkyl halides is 3. The van der Waals surface area contributed by atoms with Crippen LogP contribution in [-0.2, 0) is 15.8 Å². The lowest BCUT2D eigenvalue weighted by atomic mass is 9.98. The van der Waals surface area contributed by atoms with Crippen molar-refractivity contribution in [3.05, 3.63) is 29.8 Å². The molecule has 9 heteroatoms. The van der Waals surface area contributed by atoms with Gasteiger partial charge in [0.15, 0.2) is 0 Å². The molecule has 0 aromatic heterocycles. The molecule has 1 atom stereocenters. The zero-order valence-corrected chi connectivity index (χ0v) is 15.8. The van der Waals surface area contributed by atoms with E-state index in [-0.39, 0.29) is 24.7 Å². The lowest BCUT2D eigenvalue weighted by Crippen LogP contribution is -2.51. The lowest BCUT2D eigenvalue weighted by molar-refractivity contribution is -0.137. The van der Waals surface area contributed by atoms with Gasteiger partial charge >= 0.3 is 6.18 Å². The molecule has 6 nitrogen and oxygen atoms in total. The Balaban J connectivity index is 1.95. The van der Waals surface area contributed by atoms with Gasteiger partial charge in [-0.05, 0) is 44.4 Å². The number of hydrogen-bond acceptors (Lipinski definition) is 4. The van der Waals surface area contributed by atoms with E-state index in [9.17, 15) is 28.0 Å². The van der Waals surface area contributed by atoms with Gasteiger partial charge in [0, 0.05) is 0 Å². The molecule has 2 amide bonds. The minimum Gasteiger partial charge on any atom is -0.337 e. The highest BCUT2D eigenvalue weighted by Crippen LogP contribution is 2.39. The van der Waals surface area contributed by atoms with Gasteiger partial charge in [-0.15, -0.1) is 0 Å². The number of anilines is 1. The summed E-state index contributed by atoms with van der Waals surface area (Å²) < 4.78 is 39.1. The molecular formula is C19H23F3N4O2. The Bertz CT molecular complexity index is 771. The van der Waals surface area contributed by atoms with E-state index in [1.165, 1.54) is 23.1 Å². The first-order valence-corrected chi connectivity index (χ1v) is 8.99. The van der Waals surface area contributed by atoms with Crippen LogP contribution in [0.5, 0.6) is 0 Å². The summed E-state index contributed by atoms with van der Waals surface area (Å²) in [6, 6.07) is 6.83. The summed E-state index contributed by atoms with van der Waals surface area (Å²) in [4.78, 5) is 25.9. The monoisotopic (exact) mass is 396 g/mol. The zero-order valence-electron chi connectivity index (χ0n) is 15.8. The van der Waals surface area contributed by atoms with E-state index in [1.54, 1.807) is 13.8 Å². The van der Waals surface area contributed by atoms with Gasteiger partial charge < -0.3 is 10.6 Å². The smallest absolute Gasteiger partial charge is 0.337 e. The van der Waals surface area contributed by atoms with Gasteiger partial charge in [-0.25, -0.2) is 0 Å². The molecule has 0 spiro atoms. The number of nitrogens with one attached hydrogen (secondary N) is 2. The molecule has 1 aliphatic rings. The molecule has 28 heavy (non-hydrogen) atoms. The van der Waals surface area contributed by atoms with Crippen LogP contribution >= 0.6 is 0 Å². The number of amides is 2. The van der Waals surface area contributed by atoms with E-state index in [0.717, 1.165) is 18.9 Å². The molecule has 0 bridgehead atoms. The molecule has 1 aromatic rings. The van der Waals surface area contributed by atoms with Crippen LogP contribution in [0, 0.1) is 17.2 Å². The van der Waals surface area contributed by atoms with Crippen LogP contribution in [0.15, 0.2) is 24.3 Å². The van der Waals surface area contributed by atoms with E-state index in [0.29, 0.717) is 6.54 Å². The van der Waals surface area contributed by atoms with Crippen molar-refractivity contribution < 1.29 is 22.8 Å². The standard InChI is InChI=1S/C19H23F3N4O2/c1-3-26(11-17(28)25-18(2,12-23)13-8-9-13)10-16(27)24-15-7-5-4-6-14(15)19(20,21)22/h4-7,13H,3,8-11H2,1-2H3,(H,24,27)(H,25,28)/t18-/m0/s1. The summed E-state index contributed by atoms with van der Waals surface area (Å²) in [5.74, 6) is -0.934. The highest BCUT2D eigenvalue weighted by Gasteiger charge is 2.43. The predicted molar refractivity (Wildman–Crippen MR) is 97.1 cm³/mol. The largest absolute Gasteiger partial charge is 0.418 e. The van der Waals surface area contributed by atoms with Crippen molar-refractivity contribution in [1.29, 1.82) is 5.26 Å². The van der Waals surface area contributed by atoms with Crippen LogP contribution in [0.4, 0.5) is 18.9 Å². The number of nitriles is 1. The number of halogens is 3. The Hall–Kier alpha value is -2.60. The first-order chi connectivity index (χ1) is 13.1. The van der Waals surface area contributed by atoms with Gasteiger partial charge in [-0.1, -0.05) is 19.1 Å². The molecule has 0 heterocycles. The molecule has 2 N–H and O–H groups in total. The van der Waals surface area contributed by atoms with Crippen LogP contribution < -0.4 is 10.6 Å². The van der Waals surface area contributed by atoms with Crippen LogP contribution in [0.1, 0.15) is 32.3 Å². The van der Waals surface area contributed by atoms with Crippen molar-refractivity contribution in [2.45, 2.75) is 38.4 Å². The highest BCUT2D eigenvalue weighted by atomic mass is 19.4. The minimum atomic E-state index is -4.58. The maximum absolute atomic E-state index is 13.0. The maximum atomic E-state index is 13.0. The Morgan fingerprint density at radius 3 is 2.36 bits per heavy atom. The summed E-state index contributed by atoms with van der Waals surface area (Å²) in [5, 5.41) is 14.3. The van der Waals surface area contributed by atoms with E-state index in [4.69, 9.17) is 0 Å².